The quantitative estimate of drug-likeness (QED) is 0.549. The summed E-state index contributed by atoms with van der Waals surface area (Å²) in [6.45, 7) is 18.1. The first-order valence-corrected chi connectivity index (χ1v) is 13.9. The molecule has 2 aromatic rings. The van der Waals surface area contributed by atoms with E-state index >= 15 is 0 Å². The van der Waals surface area contributed by atoms with Crippen LogP contribution in [0.3, 0.4) is 0 Å². The summed E-state index contributed by atoms with van der Waals surface area (Å²) in [5, 5.41) is 0. The number of hydrogen-bond donors (Lipinski definition) is 0. The molecule has 0 bridgehead atoms. The van der Waals surface area contributed by atoms with Crippen molar-refractivity contribution in [1.82, 2.24) is 0 Å². The van der Waals surface area contributed by atoms with Crippen LogP contribution in [0.2, 0.25) is 0 Å². The van der Waals surface area contributed by atoms with Gasteiger partial charge in [0.2, 0.25) is 9.84 Å². The van der Waals surface area contributed by atoms with E-state index in [9.17, 15) is 8.42 Å². The molecule has 3 rings (SSSR count). The second-order valence-electron chi connectivity index (χ2n) is 10.5. The second kappa shape index (κ2) is 8.21. The van der Waals surface area contributed by atoms with Crippen LogP contribution in [0.1, 0.15) is 72.4 Å². The Bertz CT molecular complexity index is 1090. The lowest BCUT2D eigenvalue weighted by molar-refractivity contribution is 0.144. The van der Waals surface area contributed by atoms with Gasteiger partial charge in [-0.1, -0.05) is 55.4 Å². The van der Waals surface area contributed by atoms with E-state index in [1.165, 1.54) is 11.3 Å². The highest BCUT2D eigenvalue weighted by Crippen LogP contribution is 2.59. The van der Waals surface area contributed by atoms with E-state index in [4.69, 9.17) is 4.74 Å². The summed E-state index contributed by atoms with van der Waals surface area (Å²) >= 11 is 0. The van der Waals surface area contributed by atoms with Crippen molar-refractivity contribution in [3.8, 4) is 5.75 Å². The highest BCUT2D eigenvalue weighted by atomic mass is 32.2. The molecular weight excluding hydrogens is 434 g/mol. The predicted molar refractivity (Wildman–Crippen MR) is 137 cm³/mol. The molecule has 176 valence electrons. The number of ether oxygens (including phenoxy) is 1. The minimum absolute atomic E-state index is 0.0618. The number of hydrogen-bond acceptors (Lipinski definition) is 4. The molecule has 2 aromatic carbocycles. The molecule has 0 amide bonds. The van der Waals surface area contributed by atoms with Crippen molar-refractivity contribution in [2.24, 2.45) is 11.8 Å². The Morgan fingerprint density at radius 2 is 1.44 bits per heavy atom. The van der Waals surface area contributed by atoms with Crippen LogP contribution < -0.4 is 9.30 Å². The van der Waals surface area contributed by atoms with Crippen molar-refractivity contribution in [3.05, 3.63) is 47.5 Å². The molecule has 0 aliphatic carbocycles. The van der Waals surface area contributed by atoms with Gasteiger partial charge in [0, 0.05) is 16.6 Å². The van der Waals surface area contributed by atoms with Crippen LogP contribution in [-0.2, 0) is 15.3 Å². The van der Waals surface area contributed by atoms with E-state index in [0.29, 0.717) is 27.4 Å². The number of methoxy groups -OCH3 is 1. The van der Waals surface area contributed by atoms with Gasteiger partial charge in [-0.15, -0.1) is 0 Å². The number of sulfone groups is 1. The van der Waals surface area contributed by atoms with Crippen molar-refractivity contribution in [2.45, 2.75) is 82.1 Å². The Hall–Kier alpha value is -1.79. The third-order valence-electron chi connectivity index (χ3n) is 7.72. The summed E-state index contributed by atoms with van der Waals surface area (Å²) in [4.78, 5) is 0.737. The zero-order valence-electron chi connectivity index (χ0n) is 21.3. The molecule has 0 fully saturated rings. The molecule has 0 unspecified atom stereocenters. The first-order valence-electron chi connectivity index (χ1n) is 11.6. The largest absolute Gasteiger partial charge is 0.497 e. The molecule has 1 aliphatic heterocycles. The Labute approximate surface area is 197 Å². The number of anilines is 1. The lowest BCUT2D eigenvalue weighted by Gasteiger charge is -2.53. The minimum atomic E-state index is -3.67. The number of benzene rings is 2. The van der Waals surface area contributed by atoms with Crippen molar-refractivity contribution in [3.63, 3.8) is 0 Å². The molecule has 0 saturated heterocycles. The molecular formula is C26H39NO3SSi. The molecule has 0 aromatic heterocycles. The van der Waals surface area contributed by atoms with E-state index in [0.717, 1.165) is 16.0 Å². The molecule has 32 heavy (non-hydrogen) atoms. The highest BCUT2D eigenvalue weighted by molar-refractivity contribution is 7.91. The number of fused-ring (bicyclic) bond motifs is 1. The van der Waals surface area contributed by atoms with Crippen LogP contribution in [0.5, 0.6) is 5.75 Å². The van der Waals surface area contributed by atoms with Crippen molar-refractivity contribution in [1.29, 1.82) is 0 Å². The summed E-state index contributed by atoms with van der Waals surface area (Å²) in [6, 6.07) is 10.6. The monoisotopic (exact) mass is 473 g/mol. The van der Waals surface area contributed by atoms with E-state index in [2.05, 4.69) is 66.0 Å². The average Bonchev–Trinajstić information content (AvgIpc) is 2.90. The molecule has 0 atom stereocenters. The summed E-state index contributed by atoms with van der Waals surface area (Å²) < 4.78 is 35.5. The topological polar surface area (TPSA) is 46.6 Å². The van der Waals surface area contributed by atoms with Gasteiger partial charge in [0.25, 0.3) is 0 Å². The summed E-state index contributed by atoms with van der Waals surface area (Å²) in [5.41, 5.74) is 3.12. The van der Waals surface area contributed by atoms with Crippen molar-refractivity contribution < 1.29 is 13.2 Å². The van der Waals surface area contributed by atoms with Gasteiger partial charge in [-0.25, -0.2) is 8.42 Å². The lowest BCUT2D eigenvalue weighted by Crippen LogP contribution is -2.62. The number of rotatable bonds is 6. The van der Waals surface area contributed by atoms with Gasteiger partial charge in [-0.05, 0) is 65.3 Å². The summed E-state index contributed by atoms with van der Waals surface area (Å²) in [6.07, 6.45) is 0. The van der Waals surface area contributed by atoms with E-state index < -0.39 is 9.84 Å². The molecule has 0 N–H and O–H groups in total. The zero-order chi connectivity index (χ0) is 24.2. The smallest absolute Gasteiger partial charge is 0.206 e. The van der Waals surface area contributed by atoms with E-state index in [-0.39, 0.29) is 16.9 Å². The molecule has 0 saturated carbocycles. The Morgan fingerprint density at radius 3 is 1.88 bits per heavy atom. The van der Waals surface area contributed by atoms with E-state index in [1.54, 1.807) is 31.4 Å². The van der Waals surface area contributed by atoms with Crippen LogP contribution in [0, 0.1) is 11.8 Å². The fourth-order valence-electron chi connectivity index (χ4n) is 6.92. The highest BCUT2D eigenvalue weighted by Gasteiger charge is 2.59. The van der Waals surface area contributed by atoms with Gasteiger partial charge in [0.15, 0.2) is 0 Å². The van der Waals surface area contributed by atoms with Crippen LogP contribution in [-0.4, -0.2) is 31.5 Å². The van der Waals surface area contributed by atoms with Gasteiger partial charge >= 0.3 is 0 Å². The Morgan fingerprint density at radius 1 is 0.906 bits per heavy atom. The van der Waals surface area contributed by atoms with Gasteiger partial charge in [0.05, 0.1) is 16.9 Å². The maximum Gasteiger partial charge on any atom is 0.206 e. The first-order chi connectivity index (χ1) is 14.8. The third-order valence-corrected chi connectivity index (χ3v) is 10.8. The van der Waals surface area contributed by atoms with Gasteiger partial charge in [-0.3, -0.25) is 0 Å². The molecule has 0 spiro atoms. The minimum Gasteiger partial charge on any atom is -0.497 e. The lowest BCUT2D eigenvalue weighted by atomic mass is 9.59. The Balaban J connectivity index is 2.35. The number of nitrogens with zero attached hydrogens (tertiary/aromatic N) is 1. The van der Waals surface area contributed by atoms with Crippen molar-refractivity contribution in [2.75, 3.05) is 11.7 Å². The third kappa shape index (κ3) is 3.25. The maximum absolute atomic E-state index is 13.8. The van der Waals surface area contributed by atoms with Gasteiger partial charge < -0.3 is 9.30 Å². The summed E-state index contributed by atoms with van der Waals surface area (Å²) in [5.74, 6) is 1.57. The van der Waals surface area contributed by atoms with Crippen LogP contribution in [0.4, 0.5) is 5.69 Å². The fourth-order valence-corrected chi connectivity index (χ4v) is 10.5. The van der Waals surface area contributed by atoms with E-state index in [1.807, 2.05) is 6.07 Å². The van der Waals surface area contributed by atoms with Gasteiger partial charge in [0.1, 0.15) is 16.2 Å². The SMILES string of the molecule is COc1ccc(S(=O)(=O)c2ccc3c(c2C(C)C)C(C)(C)C(C(C)C)(C(C)C)N3[SiH3])cc1. The van der Waals surface area contributed by atoms with Crippen molar-refractivity contribution >= 4 is 25.9 Å². The average molecular weight is 474 g/mol. The fraction of sp³-hybridized carbons (Fsp3) is 0.538. The Kier molecular flexibility index (Phi) is 6.37. The molecule has 0 radical (unpaired) electrons. The predicted octanol–water partition coefficient (Wildman–Crippen LogP) is 5.08. The molecule has 1 aliphatic rings. The second-order valence-corrected chi connectivity index (χ2v) is 13.3. The standard InChI is InChI=1S/C26H39NO3SSi/c1-16(2)23-22(31(28,29)20-12-10-19(30-9)11-13-20)15-14-21-24(23)25(7,8)26(17(3)4,18(5)6)27(21)32/h10-18H,1-9,32H3. The molecule has 4 nitrogen and oxygen atoms in total. The van der Waals surface area contributed by atoms with Crippen LogP contribution >= 0.6 is 0 Å². The summed E-state index contributed by atoms with van der Waals surface area (Å²) in [7, 11) is -1.21. The van der Waals surface area contributed by atoms with Crippen LogP contribution in [0.15, 0.2) is 46.2 Å². The van der Waals surface area contributed by atoms with Crippen LogP contribution in [0.25, 0.3) is 0 Å². The molecule has 6 heteroatoms. The molecule has 1 heterocycles. The zero-order valence-corrected chi connectivity index (χ0v) is 24.1. The maximum atomic E-state index is 13.8. The normalized spacial score (nSPS) is 17.4. The van der Waals surface area contributed by atoms with Gasteiger partial charge in [-0.2, -0.15) is 0 Å². The first kappa shape index (κ1) is 24.8.